The van der Waals surface area contributed by atoms with Crippen molar-refractivity contribution in [3.05, 3.63) is 64.6 Å². The Morgan fingerprint density at radius 3 is 2.65 bits per heavy atom. The fourth-order valence-corrected chi connectivity index (χ4v) is 3.76. The maximum atomic E-state index is 14.5. The summed E-state index contributed by atoms with van der Waals surface area (Å²) in [5, 5.41) is 22.7. The van der Waals surface area contributed by atoms with Crippen LogP contribution in [0.3, 0.4) is 0 Å². The van der Waals surface area contributed by atoms with E-state index >= 15 is 0 Å². The number of rotatable bonds is 3. The number of benzene rings is 2. The van der Waals surface area contributed by atoms with Crippen LogP contribution in [-0.2, 0) is 5.60 Å². The summed E-state index contributed by atoms with van der Waals surface area (Å²) in [7, 11) is 1.29. The SMILES string of the molecule is CNC(=O)c1cc(C)c2[nH]ccc2c1C(O)(c1nc2ccc(C#N)cc2[nH]1)C(F)(F)F. The molecular weight excluding hydrogens is 411 g/mol. The summed E-state index contributed by atoms with van der Waals surface area (Å²) in [6, 6.07) is 8.69. The van der Waals surface area contributed by atoms with Crippen LogP contribution in [0.1, 0.15) is 32.9 Å². The van der Waals surface area contributed by atoms with Crippen molar-refractivity contribution in [2.24, 2.45) is 0 Å². The number of amides is 1. The molecule has 1 unspecified atom stereocenters. The van der Waals surface area contributed by atoms with Crippen LogP contribution in [-0.4, -0.2) is 39.2 Å². The number of fused-ring (bicyclic) bond motifs is 2. The van der Waals surface area contributed by atoms with E-state index in [1.165, 1.54) is 43.6 Å². The van der Waals surface area contributed by atoms with Crippen molar-refractivity contribution in [3.63, 3.8) is 0 Å². The fraction of sp³-hybridized carbons (Fsp3) is 0.190. The Kier molecular flexibility index (Phi) is 4.52. The molecule has 0 spiro atoms. The summed E-state index contributed by atoms with van der Waals surface area (Å²) in [5.41, 5.74) is -3.21. The first-order valence-corrected chi connectivity index (χ1v) is 9.14. The largest absolute Gasteiger partial charge is 0.428 e. The second kappa shape index (κ2) is 6.85. The van der Waals surface area contributed by atoms with Gasteiger partial charge < -0.3 is 20.4 Å². The zero-order valence-electron chi connectivity index (χ0n) is 16.3. The van der Waals surface area contributed by atoms with Crippen molar-refractivity contribution >= 4 is 27.8 Å². The van der Waals surface area contributed by atoms with E-state index in [0.717, 1.165) is 0 Å². The van der Waals surface area contributed by atoms with Gasteiger partial charge in [0.2, 0.25) is 5.60 Å². The van der Waals surface area contributed by atoms with Gasteiger partial charge >= 0.3 is 6.18 Å². The molecule has 0 aliphatic heterocycles. The minimum absolute atomic E-state index is 0.0385. The van der Waals surface area contributed by atoms with Crippen molar-refractivity contribution in [1.29, 1.82) is 5.26 Å². The van der Waals surface area contributed by atoms with E-state index in [1.54, 1.807) is 6.92 Å². The van der Waals surface area contributed by atoms with Gasteiger partial charge in [0, 0.05) is 35.3 Å². The number of hydrogen-bond acceptors (Lipinski definition) is 4. The van der Waals surface area contributed by atoms with Crippen LogP contribution < -0.4 is 5.32 Å². The topological polar surface area (TPSA) is 118 Å². The van der Waals surface area contributed by atoms with Gasteiger partial charge in [0.1, 0.15) is 0 Å². The third-order valence-corrected chi connectivity index (χ3v) is 5.24. The monoisotopic (exact) mass is 427 g/mol. The Balaban J connectivity index is 2.12. The molecule has 2 aromatic carbocycles. The van der Waals surface area contributed by atoms with Gasteiger partial charge in [0.25, 0.3) is 5.91 Å². The number of aryl methyl sites for hydroxylation is 1. The molecule has 2 heterocycles. The summed E-state index contributed by atoms with van der Waals surface area (Å²) in [6.07, 6.45) is -3.80. The average molecular weight is 427 g/mol. The van der Waals surface area contributed by atoms with Crippen LogP contribution in [0.25, 0.3) is 21.9 Å². The number of imidazole rings is 1. The highest BCUT2D eigenvalue weighted by molar-refractivity contribution is 6.03. The summed E-state index contributed by atoms with van der Waals surface area (Å²) < 4.78 is 43.6. The second-order valence-corrected chi connectivity index (χ2v) is 7.10. The van der Waals surface area contributed by atoms with Crippen LogP contribution in [0, 0.1) is 18.3 Å². The average Bonchev–Trinajstić information content (AvgIpc) is 3.38. The molecule has 1 atom stereocenters. The number of alkyl halides is 3. The van der Waals surface area contributed by atoms with Crippen LogP contribution >= 0.6 is 0 Å². The Morgan fingerprint density at radius 1 is 1.26 bits per heavy atom. The van der Waals surface area contributed by atoms with Crippen molar-refractivity contribution in [2.45, 2.75) is 18.7 Å². The number of H-pyrrole nitrogens is 2. The molecule has 0 fully saturated rings. The van der Waals surface area contributed by atoms with E-state index in [0.29, 0.717) is 11.1 Å². The van der Waals surface area contributed by atoms with Crippen LogP contribution in [0.5, 0.6) is 0 Å². The van der Waals surface area contributed by atoms with Crippen LogP contribution in [0.15, 0.2) is 36.5 Å². The van der Waals surface area contributed by atoms with E-state index < -0.39 is 29.1 Å². The zero-order valence-corrected chi connectivity index (χ0v) is 16.3. The van der Waals surface area contributed by atoms with Crippen molar-refractivity contribution < 1.29 is 23.1 Å². The summed E-state index contributed by atoms with van der Waals surface area (Å²) in [4.78, 5) is 21.9. The molecule has 4 rings (SSSR count). The lowest BCUT2D eigenvalue weighted by Gasteiger charge is -2.31. The third kappa shape index (κ3) is 2.93. The van der Waals surface area contributed by atoms with Crippen molar-refractivity contribution in [1.82, 2.24) is 20.3 Å². The highest BCUT2D eigenvalue weighted by Gasteiger charge is 2.60. The van der Waals surface area contributed by atoms with Gasteiger partial charge in [-0.2, -0.15) is 18.4 Å². The van der Waals surface area contributed by atoms with Gasteiger partial charge in [-0.05, 0) is 42.8 Å². The summed E-state index contributed by atoms with van der Waals surface area (Å²) in [6.45, 7) is 1.65. The first-order valence-electron chi connectivity index (χ1n) is 9.14. The number of nitrogens with zero attached hydrogens (tertiary/aromatic N) is 2. The molecular formula is C21H16F3N5O2. The van der Waals surface area contributed by atoms with Gasteiger partial charge in [-0.3, -0.25) is 4.79 Å². The molecule has 0 bridgehead atoms. The molecule has 31 heavy (non-hydrogen) atoms. The Hall–Kier alpha value is -3.84. The van der Waals surface area contributed by atoms with E-state index in [-0.39, 0.29) is 27.5 Å². The molecule has 4 N–H and O–H groups in total. The number of nitrogens with one attached hydrogen (secondary N) is 3. The van der Waals surface area contributed by atoms with Crippen molar-refractivity contribution in [3.8, 4) is 6.07 Å². The number of aromatic amines is 2. The smallest absolute Gasteiger partial charge is 0.370 e. The first kappa shape index (κ1) is 20.4. The molecule has 2 aromatic heterocycles. The first-order chi connectivity index (χ1) is 14.6. The molecule has 0 radical (unpaired) electrons. The lowest BCUT2D eigenvalue weighted by Crippen LogP contribution is -2.46. The fourth-order valence-electron chi connectivity index (χ4n) is 3.76. The Morgan fingerprint density at radius 2 is 2.00 bits per heavy atom. The predicted octanol–water partition coefficient (Wildman–Crippen LogP) is 3.38. The minimum atomic E-state index is -5.23. The third-order valence-electron chi connectivity index (χ3n) is 5.24. The summed E-state index contributed by atoms with van der Waals surface area (Å²) >= 11 is 0. The molecule has 4 aromatic rings. The second-order valence-electron chi connectivity index (χ2n) is 7.10. The molecule has 7 nitrogen and oxygen atoms in total. The van der Waals surface area contributed by atoms with Crippen LogP contribution in [0.4, 0.5) is 13.2 Å². The van der Waals surface area contributed by atoms with Gasteiger partial charge in [-0.25, -0.2) is 4.98 Å². The minimum Gasteiger partial charge on any atom is -0.370 e. The summed E-state index contributed by atoms with van der Waals surface area (Å²) in [5.74, 6) is -1.59. The van der Waals surface area contributed by atoms with Crippen molar-refractivity contribution in [2.75, 3.05) is 7.05 Å². The van der Waals surface area contributed by atoms with Gasteiger partial charge in [0.05, 0.1) is 22.7 Å². The van der Waals surface area contributed by atoms with Gasteiger partial charge in [-0.15, -0.1) is 0 Å². The van der Waals surface area contributed by atoms with E-state index in [1.807, 2.05) is 6.07 Å². The maximum Gasteiger partial charge on any atom is 0.428 e. The molecule has 0 saturated carbocycles. The lowest BCUT2D eigenvalue weighted by molar-refractivity contribution is -0.250. The molecule has 1 amide bonds. The maximum absolute atomic E-state index is 14.5. The number of carbonyl (C=O) groups excluding carboxylic acids is 1. The predicted molar refractivity (Wildman–Crippen MR) is 106 cm³/mol. The number of halogens is 3. The molecule has 10 heteroatoms. The highest BCUT2D eigenvalue weighted by Crippen LogP contribution is 2.47. The standard InChI is InChI=1S/C21H16F3N5O2/c1-10-7-13(18(30)26-2)16(12-5-6-27-17(10)12)20(31,21(22,23)24)19-28-14-4-3-11(9-25)8-15(14)29-19/h3-8,27,31H,1-2H3,(H,26,30)(H,28,29). The number of hydrogen-bond donors (Lipinski definition) is 4. The Bertz CT molecular complexity index is 1380. The molecule has 158 valence electrons. The zero-order chi connectivity index (χ0) is 22.6. The lowest BCUT2D eigenvalue weighted by atomic mass is 9.84. The molecule has 0 aliphatic rings. The number of nitriles is 1. The van der Waals surface area contributed by atoms with Gasteiger partial charge in [-0.1, -0.05) is 0 Å². The van der Waals surface area contributed by atoms with E-state index in [9.17, 15) is 23.1 Å². The normalized spacial score (nSPS) is 13.8. The van der Waals surface area contributed by atoms with Gasteiger partial charge in [0.15, 0.2) is 5.82 Å². The molecule has 0 aliphatic carbocycles. The number of aromatic nitrogens is 3. The number of aliphatic hydroxyl groups is 1. The van der Waals surface area contributed by atoms with E-state index in [4.69, 9.17) is 5.26 Å². The number of carbonyl (C=O) groups is 1. The quantitative estimate of drug-likeness (QED) is 0.401. The van der Waals surface area contributed by atoms with E-state index in [2.05, 4.69) is 20.3 Å². The Labute approximate surface area is 173 Å². The highest BCUT2D eigenvalue weighted by atomic mass is 19.4. The van der Waals surface area contributed by atoms with Crippen LogP contribution in [0.2, 0.25) is 0 Å². The molecule has 0 saturated heterocycles.